The Balaban J connectivity index is 2.24. The summed E-state index contributed by atoms with van der Waals surface area (Å²) in [4.78, 5) is 18.5. The topological polar surface area (TPSA) is 42.0 Å². The Hall–Kier alpha value is -0.810. The van der Waals surface area contributed by atoms with Crippen molar-refractivity contribution < 1.29 is 14.4 Å². The number of nitrogens with zero attached hydrogens (tertiary/aromatic N) is 2. The van der Waals surface area contributed by atoms with Crippen molar-refractivity contribution in [1.82, 2.24) is 9.96 Å². The summed E-state index contributed by atoms with van der Waals surface area (Å²) >= 11 is 0. The maximum Gasteiger partial charge on any atom is 0.410 e. The second-order valence-corrected chi connectivity index (χ2v) is 4.93. The summed E-state index contributed by atoms with van der Waals surface area (Å²) in [7, 11) is 3.66. The van der Waals surface area contributed by atoms with E-state index in [2.05, 4.69) is 0 Å². The molecular formula is C10H20N2O3. The Bertz CT molecular complexity index is 229. The average Bonchev–Trinajstić information content (AvgIpc) is 1.91. The standard InChI is InChI=1S/C10H20N2O3/c1-10(2,3)14-9(13)12-6-8(7-12)15-11(4)5/h8H,6-7H2,1-5H3. The highest BCUT2D eigenvalue weighted by Crippen LogP contribution is 2.17. The fraction of sp³-hybridized carbons (Fsp3) is 0.900. The van der Waals surface area contributed by atoms with Gasteiger partial charge in [0.15, 0.2) is 0 Å². The molecule has 0 unspecified atom stereocenters. The van der Waals surface area contributed by atoms with E-state index in [1.54, 1.807) is 9.96 Å². The third-order valence-corrected chi connectivity index (χ3v) is 1.86. The van der Waals surface area contributed by atoms with Gasteiger partial charge in [0.25, 0.3) is 0 Å². The van der Waals surface area contributed by atoms with Gasteiger partial charge in [-0.2, -0.15) is 5.06 Å². The molecule has 0 spiro atoms. The van der Waals surface area contributed by atoms with E-state index in [4.69, 9.17) is 9.57 Å². The summed E-state index contributed by atoms with van der Waals surface area (Å²) < 4.78 is 5.21. The number of likely N-dealkylation sites (tertiary alicyclic amines) is 1. The normalized spacial score (nSPS) is 17.9. The highest BCUT2D eigenvalue weighted by molar-refractivity contribution is 5.69. The van der Waals surface area contributed by atoms with Gasteiger partial charge in [0, 0.05) is 14.1 Å². The fourth-order valence-electron chi connectivity index (χ4n) is 1.28. The molecule has 15 heavy (non-hydrogen) atoms. The molecule has 0 aromatic heterocycles. The second-order valence-electron chi connectivity index (χ2n) is 4.93. The molecule has 0 bridgehead atoms. The molecule has 1 aliphatic heterocycles. The van der Waals surface area contributed by atoms with E-state index in [0.717, 1.165) is 0 Å². The molecule has 0 saturated carbocycles. The molecule has 1 heterocycles. The lowest BCUT2D eigenvalue weighted by molar-refractivity contribution is -0.200. The van der Waals surface area contributed by atoms with Gasteiger partial charge in [-0.25, -0.2) is 4.79 Å². The minimum atomic E-state index is -0.426. The van der Waals surface area contributed by atoms with Crippen molar-refractivity contribution in [2.24, 2.45) is 0 Å². The molecule has 0 aromatic carbocycles. The number of hydrogen-bond acceptors (Lipinski definition) is 4. The van der Waals surface area contributed by atoms with Gasteiger partial charge >= 0.3 is 6.09 Å². The molecule has 0 N–H and O–H groups in total. The molecule has 5 heteroatoms. The lowest BCUT2D eigenvalue weighted by Gasteiger charge is -2.39. The zero-order valence-corrected chi connectivity index (χ0v) is 10.1. The molecule has 1 fully saturated rings. The number of hydroxylamine groups is 2. The fourth-order valence-corrected chi connectivity index (χ4v) is 1.28. The van der Waals surface area contributed by atoms with Crippen LogP contribution in [0.5, 0.6) is 0 Å². The molecule has 0 atom stereocenters. The maximum absolute atomic E-state index is 11.5. The van der Waals surface area contributed by atoms with Crippen LogP contribution in [0.25, 0.3) is 0 Å². The molecule has 1 aliphatic rings. The summed E-state index contributed by atoms with van der Waals surface area (Å²) in [6.07, 6.45) is -0.159. The summed E-state index contributed by atoms with van der Waals surface area (Å²) in [5.74, 6) is 0. The van der Waals surface area contributed by atoms with Crippen molar-refractivity contribution in [3.05, 3.63) is 0 Å². The SMILES string of the molecule is CN(C)OC1CN(C(=O)OC(C)(C)C)C1. The van der Waals surface area contributed by atoms with Crippen LogP contribution in [0.3, 0.4) is 0 Å². The lowest BCUT2D eigenvalue weighted by atomic mass is 10.2. The number of ether oxygens (including phenoxy) is 1. The predicted molar refractivity (Wildman–Crippen MR) is 56.4 cm³/mol. The minimum Gasteiger partial charge on any atom is -0.444 e. The zero-order chi connectivity index (χ0) is 11.6. The predicted octanol–water partition coefficient (Wildman–Crippen LogP) is 1.10. The van der Waals surface area contributed by atoms with Gasteiger partial charge in [0.1, 0.15) is 11.7 Å². The Morgan fingerprint density at radius 3 is 2.27 bits per heavy atom. The highest BCUT2D eigenvalue weighted by Gasteiger charge is 2.34. The molecule has 0 aliphatic carbocycles. The monoisotopic (exact) mass is 216 g/mol. The summed E-state index contributed by atoms with van der Waals surface area (Å²) in [5.41, 5.74) is -0.426. The van der Waals surface area contributed by atoms with Crippen LogP contribution in [-0.2, 0) is 9.57 Å². The molecule has 1 saturated heterocycles. The third kappa shape index (κ3) is 4.05. The number of hydrogen-bond donors (Lipinski definition) is 0. The third-order valence-electron chi connectivity index (χ3n) is 1.86. The number of amides is 1. The molecule has 5 nitrogen and oxygen atoms in total. The van der Waals surface area contributed by atoms with Crippen LogP contribution in [0.1, 0.15) is 20.8 Å². The first-order valence-electron chi connectivity index (χ1n) is 5.10. The van der Waals surface area contributed by atoms with Crippen molar-refractivity contribution in [2.75, 3.05) is 27.2 Å². The van der Waals surface area contributed by atoms with Crippen LogP contribution in [0.15, 0.2) is 0 Å². The van der Waals surface area contributed by atoms with E-state index in [1.165, 1.54) is 0 Å². The summed E-state index contributed by atoms with van der Waals surface area (Å²) in [6.45, 7) is 6.79. The van der Waals surface area contributed by atoms with Crippen LogP contribution in [0, 0.1) is 0 Å². The Labute approximate surface area is 90.9 Å². The van der Waals surface area contributed by atoms with Crippen molar-refractivity contribution in [3.8, 4) is 0 Å². The van der Waals surface area contributed by atoms with Crippen molar-refractivity contribution in [1.29, 1.82) is 0 Å². The zero-order valence-electron chi connectivity index (χ0n) is 10.1. The summed E-state index contributed by atoms with van der Waals surface area (Å²) in [5, 5.41) is 1.65. The van der Waals surface area contributed by atoms with Crippen LogP contribution < -0.4 is 0 Å². The first-order valence-corrected chi connectivity index (χ1v) is 5.10. The van der Waals surface area contributed by atoms with Crippen molar-refractivity contribution in [3.63, 3.8) is 0 Å². The average molecular weight is 216 g/mol. The maximum atomic E-state index is 11.5. The van der Waals surface area contributed by atoms with E-state index < -0.39 is 5.60 Å². The van der Waals surface area contributed by atoms with Crippen molar-refractivity contribution in [2.45, 2.75) is 32.5 Å². The smallest absolute Gasteiger partial charge is 0.410 e. The van der Waals surface area contributed by atoms with Gasteiger partial charge in [0.05, 0.1) is 13.1 Å². The molecule has 0 aromatic rings. The Morgan fingerprint density at radius 1 is 1.33 bits per heavy atom. The van der Waals surface area contributed by atoms with Crippen LogP contribution in [0.2, 0.25) is 0 Å². The Morgan fingerprint density at radius 2 is 1.87 bits per heavy atom. The number of rotatable bonds is 2. The van der Waals surface area contributed by atoms with Crippen LogP contribution in [-0.4, -0.2) is 54.9 Å². The van der Waals surface area contributed by atoms with Gasteiger partial charge < -0.3 is 9.64 Å². The van der Waals surface area contributed by atoms with Gasteiger partial charge in [-0.15, -0.1) is 0 Å². The van der Waals surface area contributed by atoms with Gasteiger partial charge in [-0.3, -0.25) is 4.84 Å². The first-order chi connectivity index (χ1) is 6.78. The van der Waals surface area contributed by atoms with E-state index in [9.17, 15) is 4.79 Å². The Kier molecular flexibility index (Phi) is 3.57. The van der Waals surface area contributed by atoms with Gasteiger partial charge in [-0.1, -0.05) is 0 Å². The van der Waals surface area contributed by atoms with Gasteiger partial charge in [-0.05, 0) is 20.8 Å². The number of carbonyl (C=O) groups excluding carboxylic acids is 1. The minimum absolute atomic E-state index is 0.104. The van der Waals surface area contributed by atoms with E-state index in [1.807, 2.05) is 34.9 Å². The van der Waals surface area contributed by atoms with Crippen LogP contribution >= 0.6 is 0 Å². The van der Waals surface area contributed by atoms with E-state index in [0.29, 0.717) is 13.1 Å². The molecule has 88 valence electrons. The van der Waals surface area contributed by atoms with Crippen LogP contribution in [0.4, 0.5) is 4.79 Å². The quantitative estimate of drug-likeness (QED) is 0.648. The van der Waals surface area contributed by atoms with Gasteiger partial charge in [0.2, 0.25) is 0 Å². The molecule has 1 amide bonds. The largest absolute Gasteiger partial charge is 0.444 e. The molecule has 1 rings (SSSR count). The van der Waals surface area contributed by atoms with E-state index in [-0.39, 0.29) is 12.2 Å². The van der Waals surface area contributed by atoms with E-state index >= 15 is 0 Å². The highest BCUT2D eigenvalue weighted by atomic mass is 16.7. The first kappa shape index (κ1) is 12.3. The summed E-state index contributed by atoms with van der Waals surface area (Å²) in [6, 6.07) is 0. The van der Waals surface area contributed by atoms with Crippen molar-refractivity contribution >= 4 is 6.09 Å². The molecular weight excluding hydrogens is 196 g/mol. The second kappa shape index (κ2) is 4.37. The molecule has 0 radical (unpaired) electrons. The lowest BCUT2D eigenvalue weighted by Crippen LogP contribution is -2.57. The number of carbonyl (C=O) groups is 1.